The molecule has 0 fully saturated rings. The van der Waals surface area contributed by atoms with E-state index in [0.717, 1.165) is 16.9 Å². The number of carbonyl (C=O) groups is 1. The number of benzene rings is 2. The summed E-state index contributed by atoms with van der Waals surface area (Å²) in [6, 6.07) is 12.9. The zero-order chi connectivity index (χ0) is 16.8. The van der Waals surface area contributed by atoms with E-state index in [0.29, 0.717) is 24.7 Å². The van der Waals surface area contributed by atoms with Crippen molar-refractivity contribution in [3.8, 4) is 17.2 Å². The van der Waals surface area contributed by atoms with Gasteiger partial charge in [0.1, 0.15) is 25.6 Å². The average Bonchev–Trinajstić information content (AvgIpc) is 2.64. The first-order valence-electron chi connectivity index (χ1n) is 7.62. The summed E-state index contributed by atoms with van der Waals surface area (Å²) in [5.41, 5.74) is 1.66. The Morgan fingerprint density at radius 1 is 1.12 bits per heavy atom. The number of ether oxygens (including phenoxy) is 4. The molecule has 5 heteroatoms. The summed E-state index contributed by atoms with van der Waals surface area (Å²) in [6.45, 7) is 1.24. The van der Waals surface area contributed by atoms with Crippen LogP contribution in [0.5, 0.6) is 17.2 Å². The van der Waals surface area contributed by atoms with Crippen molar-refractivity contribution < 1.29 is 23.7 Å². The van der Waals surface area contributed by atoms with Gasteiger partial charge in [0.05, 0.1) is 7.11 Å². The quantitative estimate of drug-likeness (QED) is 0.624. The molecule has 0 saturated heterocycles. The van der Waals surface area contributed by atoms with Gasteiger partial charge in [-0.05, 0) is 29.8 Å². The van der Waals surface area contributed by atoms with E-state index < -0.39 is 5.97 Å². The van der Waals surface area contributed by atoms with Crippen LogP contribution in [-0.4, -0.2) is 26.3 Å². The van der Waals surface area contributed by atoms with Crippen LogP contribution in [0.3, 0.4) is 0 Å². The molecular weight excluding hydrogens is 308 g/mol. The summed E-state index contributed by atoms with van der Waals surface area (Å²) < 4.78 is 21.4. The molecule has 2 aromatic carbocycles. The third-order valence-electron chi connectivity index (χ3n) is 3.54. The smallest absolute Gasteiger partial charge is 0.331 e. The summed E-state index contributed by atoms with van der Waals surface area (Å²) in [5.74, 6) is 1.68. The lowest BCUT2D eigenvalue weighted by Crippen LogP contribution is -2.15. The van der Waals surface area contributed by atoms with E-state index in [2.05, 4.69) is 0 Å². The highest BCUT2D eigenvalue weighted by molar-refractivity contribution is 5.87. The van der Waals surface area contributed by atoms with Crippen molar-refractivity contribution in [2.24, 2.45) is 0 Å². The molecule has 1 aliphatic rings. The van der Waals surface area contributed by atoms with E-state index in [4.69, 9.17) is 18.9 Å². The minimum Gasteiger partial charge on any atom is -0.496 e. The van der Waals surface area contributed by atoms with Gasteiger partial charge < -0.3 is 18.9 Å². The molecular formula is C19H18O5. The van der Waals surface area contributed by atoms with Gasteiger partial charge in [0.15, 0.2) is 11.5 Å². The summed E-state index contributed by atoms with van der Waals surface area (Å²) in [6.07, 6.45) is 3.07. The van der Waals surface area contributed by atoms with Crippen LogP contribution in [0.4, 0.5) is 0 Å². The van der Waals surface area contributed by atoms with Crippen LogP contribution in [0.2, 0.25) is 0 Å². The van der Waals surface area contributed by atoms with Crippen molar-refractivity contribution in [1.82, 2.24) is 0 Å². The Hall–Kier alpha value is -2.95. The Labute approximate surface area is 140 Å². The summed E-state index contributed by atoms with van der Waals surface area (Å²) in [4.78, 5) is 11.9. The second kappa shape index (κ2) is 7.55. The first-order chi connectivity index (χ1) is 11.8. The van der Waals surface area contributed by atoms with Crippen molar-refractivity contribution >= 4 is 12.0 Å². The largest absolute Gasteiger partial charge is 0.496 e. The number of rotatable bonds is 5. The van der Waals surface area contributed by atoms with Crippen LogP contribution in [0.1, 0.15) is 11.1 Å². The maximum atomic E-state index is 11.9. The Kier molecular flexibility index (Phi) is 5.01. The van der Waals surface area contributed by atoms with Gasteiger partial charge in [-0.3, -0.25) is 0 Å². The van der Waals surface area contributed by atoms with Gasteiger partial charge in [-0.15, -0.1) is 0 Å². The summed E-state index contributed by atoms with van der Waals surface area (Å²) in [7, 11) is 1.59. The number of carbonyl (C=O) groups excluding carboxylic acids is 1. The fraction of sp³-hybridized carbons (Fsp3) is 0.211. The lowest BCUT2D eigenvalue weighted by Gasteiger charge is -2.18. The third kappa shape index (κ3) is 3.87. The van der Waals surface area contributed by atoms with Crippen LogP contribution in [0.25, 0.3) is 6.08 Å². The zero-order valence-corrected chi connectivity index (χ0v) is 13.4. The van der Waals surface area contributed by atoms with Crippen LogP contribution in [0, 0.1) is 0 Å². The third-order valence-corrected chi connectivity index (χ3v) is 3.54. The fourth-order valence-electron chi connectivity index (χ4n) is 2.35. The molecule has 24 heavy (non-hydrogen) atoms. The second-order valence-corrected chi connectivity index (χ2v) is 5.16. The lowest BCUT2D eigenvalue weighted by molar-refractivity contribution is -0.138. The van der Waals surface area contributed by atoms with Crippen LogP contribution in [-0.2, 0) is 16.1 Å². The first kappa shape index (κ1) is 15.9. The molecule has 0 bridgehead atoms. The van der Waals surface area contributed by atoms with Gasteiger partial charge in [-0.25, -0.2) is 4.79 Å². The number of hydrogen-bond donors (Lipinski definition) is 0. The Morgan fingerprint density at radius 2 is 1.92 bits per heavy atom. The van der Waals surface area contributed by atoms with Gasteiger partial charge in [0.25, 0.3) is 0 Å². The van der Waals surface area contributed by atoms with E-state index in [9.17, 15) is 4.79 Å². The minimum absolute atomic E-state index is 0.161. The molecule has 0 aliphatic carbocycles. The van der Waals surface area contributed by atoms with E-state index in [1.807, 2.05) is 42.5 Å². The number of para-hydroxylation sites is 1. The molecule has 0 saturated carbocycles. The SMILES string of the molecule is COc1ccccc1COC(=O)/C=C/c1ccc2c(c1)OCCO2. The van der Waals surface area contributed by atoms with Crippen LogP contribution in [0.15, 0.2) is 48.5 Å². The zero-order valence-electron chi connectivity index (χ0n) is 13.4. The molecule has 0 radical (unpaired) electrons. The number of fused-ring (bicyclic) bond motifs is 1. The van der Waals surface area contributed by atoms with Crippen molar-refractivity contribution in [1.29, 1.82) is 0 Å². The summed E-state index contributed by atoms with van der Waals surface area (Å²) in [5, 5.41) is 0. The van der Waals surface area contributed by atoms with Gasteiger partial charge in [-0.2, -0.15) is 0 Å². The van der Waals surface area contributed by atoms with E-state index in [-0.39, 0.29) is 6.61 Å². The maximum Gasteiger partial charge on any atom is 0.331 e. The predicted molar refractivity (Wildman–Crippen MR) is 89.3 cm³/mol. The van der Waals surface area contributed by atoms with Gasteiger partial charge in [0.2, 0.25) is 0 Å². The highest BCUT2D eigenvalue weighted by Gasteiger charge is 2.11. The highest BCUT2D eigenvalue weighted by Crippen LogP contribution is 2.31. The van der Waals surface area contributed by atoms with E-state index in [1.165, 1.54) is 6.08 Å². The second-order valence-electron chi connectivity index (χ2n) is 5.16. The van der Waals surface area contributed by atoms with E-state index in [1.54, 1.807) is 13.2 Å². The van der Waals surface area contributed by atoms with E-state index >= 15 is 0 Å². The number of hydrogen-bond acceptors (Lipinski definition) is 5. The molecule has 0 aromatic heterocycles. The molecule has 0 N–H and O–H groups in total. The molecule has 3 rings (SSSR count). The monoisotopic (exact) mass is 326 g/mol. The predicted octanol–water partition coefficient (Wildman–Crippen LogP) is 3.22. The van der Waals surface area contributed by atoms with Crippen LogP contribution >= 0.6 is 0 Å². The Bertz CT molecular complexity index is 751. The Balaban J connectivity index is 1.59. The molecule has 0 spiro atoms. The van der Waals surface area contributed by atoms with Crippen molar-refractivity contribution in [3.63, 3.8) is 0 Å². The topological polar surface area (TPSA) is 54.0 Å². The first-order valence-corrected chi connectivity index (χ1v) is 7.62. The molecule has 0 unspecified atom stereocenters. The molecule has 124 valence electrons. The molecule has 1 heterocycles. The highest BCUT2D eigenvalue weighted by atomic mass is 16.6. The van der Waals surface area contributed by atoms with Gasteiger partial charge >= 0.3 is 5.97 Å². The number of esters is 1. The molecule has 0 amide bonds. The van der Waals surface area contributed by atoms with Crippen molar-refractivity contribution in [3.05, 3.63) is 59.7 Å². The van der Waals surface area contributed by atoms with Gasteiger partial charge in [-0.1, -0.05) is 24.3 Å². The molecule has 0 atom stereocenters. The fourth-order valence-corrected chi connectivity index (χ4v) is 2.35. The molecule has 1 aliphatic heterocycles. The lowest BCUT2D eigenvalue weighted by atomic mass is 10.2. The summed E-state index contributed by atoms with van der Waals surface area (Å²) >= 11 is 0. The van der Waals surface area contributed by atoms with Crippen molar-refractivity contribution in [2.45, 2.75) is 6.61 Å². The normalized spacial score (nSPS) is 12.9. The molecule has 2 aromatic rings. The average molecular weight is 326 g/mol. The van der Waals surface area contributed by atoms with Crippen molar-refractivity contribution in [2.75, 3.05) is 20.3 Å². The minimum atomic E-state index is -0.421. The Morgan fingerprint density at radius 3 is 2.75 bits per heavy atom. The van der Waals surface area contributed by atoms with Crippen LogP contribution < -0.4 is 14.2 Å². The number of methoxy groups -OCH3 is 1. The standard InChI is InChI=1S/C19H18O5/c1-21-16-5-3-2-4-15(16)13-24-19(20)9-7-14-6-8-17-18(12-14)23-11-10-22-17/h2-9,12H,10-11,13H2,1H3/b9-7+. The molecule has 5 nitrogen and oxygen atoms in total. The maximum absolute atomic E-state index is 11.9. The van der Waals surface area contributed by atoms with Gasteiger partial charge in [0, 0.05) is 11.6 Å².